The van der Waals surface area contributed by atoms with E-state index in [-0.39, 0.29) is 16.7 Å². The molecule has 0 amide bonds. The number of ether oxygens (including phenoxy) is 1. The van der Waals surface area contributed by atoms with E-state index >= 15 is 0 Å². The number of rotatable bonds is 15. The second kappa shape index (κ2) is 29.7. The Morgan fingerprint density at radius 2 is 0.733 bits per heavy atom. The Morgan fingerprint density at radius 3 is 1.21 bits per heavy atom. The van der Waals surface area contributed by atoms with Gasteiger partial charge in [-0.1, -0.05) is 314 Å². The van der Waals surface area contributed by atoms with Crippen molar-refractivity contribution in [3.8, 4) is 5.75 Å². The molecular weight excluding hydrogens is 1500 g/mol. The van der Waals surface area contributed by atoms with Gasteiger partial charge in [-0.05, 0) is 81.4 Å². The van der Waals surface area contributed by atoms with Crippen LogP contribution in [0.25, 0.3) is 12.2 Å². The molecule has 9 unspecified atom stereocenters. The number of halogens is 2. The number of benzene rings is 11. The number of fused-ring (bicyclic) bond motifs is 6. The third-order valence-electron chi connectivity index (χ3n) is 17.5. The summed E-state index contributed by atoms with van der Waals surface area (Å²) in [6, 6.07) is 99.2. The molecule has 101 heavy (non-hydrogen) atoms. The fourth-order valence-corrected chi connectivity index (χ4v) is 64.5. The first-order chi connectivity index (χ1) is 49.3. The largest absolute Gasteiger partial charge is 0.521 e. The highest BCUT2D eigenvalue weighted by atomic mass is 35.5. The van der Waals surface area contributed by atoms with Gasteiger partial charge in [0.2, 0.25) is 0 Å². The molecule has 0 aliphatic carbocycles. The number of aryl methyl sites for hydroxylation is 1. The van der Waals surface area contributed by atoms with Crippen LogP contribution in [0.15, 0.2) is 321 Å². The summed E-state index contributed by atoms with van der Waals surface area (Å²) in [6.45, 7) is 2.04. The predicted octanol–water partition coefficient (Wildman–Crippen LogP) is 7.35. The van der Waals surface area contributed by atoms with E-state index in [4.69, 9.17) is 85.9 Å². The Bertz CT molecular complexity index is 4680. The summed E-state index contributed by atoms with van der Waals surface area (Å²) in [7, 11) is -46.6. The van der Waals surface area contributed by atoms with Crippen LogP contribution in [0.5, 0.6) is 5.75 Å². The van der Waals surface area contributed by atoms with Crippen molar-refractivity contribution >= 4 is 181 Å². The Labute approximate surface area is 612 Å². The maximum absolute atomic E-state index is 8.90. The molecule has 28 heteroatoms. The molecule has 10 atom stereocenters. The Hall–Kier alpha value is -6.89. The van der Waals surface area contributed by atoms with Crippen LogP contribution < -0.4 is 51.4 Å². The molecule has 4 aliphatic heterocycles. The number of hydrogen-bond acceptors (Lipinski definition) is 15. The molecule has 4 saturated heterocycles. The van der Waals surface area contributed by atoms with Gasteiger partial charge in [0.25, 0.3) is 0 Å². The Kier molecular flexibility index (Phi) is 20.5. The fourth-order valence-electron chi connectivity index (χ4n) is 12.4. The van der Waals surface area contributed by atoms with Crippen molar-refractivity contribution in [2.24, 2.45) is 0 Å². The summed E-state index contributed by atoms with van der Waals surface area (Å²) in [5, 5.41) is 6.13. The van der Waals surface area contributed by atoms with Crippen LogP contribution in [-0.4, -0.2) is 112 Å². The summed E-state index contributed by atoms with van der Waals surface area (Å²) >= 11 is 13.3. The lowest BCUT2D eigenvalue weighted by Gasteiger charge is -2.54. The zero-order chi connectivity index (χ0) is 69.0. The minimum atomic E-state index is -5.44. The molecule has 4 aliphatic rings. The van der Waals surface area contributed by atoms with Crippen molar-refractivity contribution in [2.45, 2.75) is 6.92 Å². The van der Waals surface area contributed by atoms with Crippen LogP contribution >= 0.6 is 23.2 Å². The first kappa shape index (κ1) is 69.8. The van der Waals surface area contributed by atoms with Crippen molar-refractivity contribution in [1.29, 1.82) is 0 Å². The van der Waals surface area contributed by atoms with E-state index in [0.717, 1.165) is 16.7 Å². The molecule has 11 aromatic carbocycles. The van der Waals surface area contributed by atoms with Gasteiger partial charge in [-0.3, -0.25) is 0 Å². The molecule has 6 bridgehead atoms. The normalized spacial score (nSPS) is 28.4. The molecule has 0 aromatic heterocycles. The number of hydrogen-bond donors (Lipinski definition) is 0. The van der Waals surface area contributed by atoms with E-state index < -0.39 is 88.5 Å². The second-order valence-corrected chi connectivity index (χ2v) is 54.5. The highest BCUT2D eigenvalue weighted by Crippen LogP contribution is 2.42. The van der Waals surface area contributed by atoms with E-state index in [0.29, 0.717) is 62.5 Å². The third kappa shape index (κ3) is 14.3. The third-order valence-corrected chi connectivity index (χ3v) is 58.7. The van der Waals surface area contributed by atoms with Gasteiger partial charge in [0.15, 0.2) is 0 Å². The first-order valence-electron chi connectivity index (χ1n) is 32.8. The minimum absolute atomic E-state index is 0.0164. The van der Waals surface area contributed by atoms with Gasteiger partial charge in [0, 0.05) is 41.2 Å². The maximum Gasteiger partial charge on any atom is 0.521 e. The van der Waals surface area contributed by atoms with Gasteiger partial charge in [0.1, 0.15) is 16.2 Å². The molecule has 0 saturated carbocycles. The van der Waals surface area contributed by atoms with E-state index in [1.165, 1.54) is 0 Å². The topological polar surface area (TPSA) is 138 Å². The second-order valence-electron chi connectivity index (χ2n) is 24.2. The van der Waals surface area contributed by atoms with Crippen molar-refractivity contribution < 1.29 is 62.7 Å². The van der Waals surface area contributed by atoms with Crippen molar-refractivity contribution in [2.75, 3.05) is 13.3 Å². The summed E-state index contributed by atoms with van der Waals surface area (Å²) in [5.74, 6) is 0.595. The quantitative estimate of drug-likeness (QED) is 0.0946. The lowest BCUT2D eigenvalue weighted by molar-refractivity contribution is 0.0926. The van der Waals surface area contributed by atoms with Crippen LogP contribution in [0.2, 0.25) is 10.0 Å². The Morgan fingerprint density at radius 1 is 0.356 bits per heavy atom. The van der Waals surface area contributed by atoms with E-state index in [1.807, 2.05) is 340 Å². The van der Waals surface area contributed by atoms with Crippen LogP contribution in [0.4, 0.5) is 0 Å². The standard InChI is InChI=1S/C73H68Cl2O15Si11/c1-59-38-50-67(51-39-59)95(57-55-61-42-46-63(75)47-43-61)84-99(71-32-18-7-19-33-71)82-93(65-24-10-3-11-25-65)81-96(68-26-12-4-13-27-68)77-58-92-79-94(66-52-48-64(76-2)49-53-66,56-54-60-40-44-62(74)45-41-60)83-97(78-91,69-28-14-5-15-29-69)87-101(90-99,73-36-22-9-23-37-73)89-98(80-92,70-30-16-6-17-31-70)88-100(85-95,86-96)72-34-20-8-21-35-72/h3-57,92-93H,58H2,1-2,91H3/b56-54+,57-55+/t92?,93?,94?,95?,96?,97?,98-,99?,100?,101?/m0/s1. The smallest absolute Gasteiger partial charge is 0.497 e. The zero-order valence-corrected chi connectivity index (χ0v) is 68.8. The van der Waals surface area contributed by atoms with Crippen LogP contribution in [0.3, 0.4) is 0 Å². The van der Waals surface area contributed by atoms with Gasteiger partial charge in [0.05, 0.1) is 13.3 Å². The van der Waals surface area contributed by atoms with Crippen molar-refractivity contribution in [3.05, 3.63) is 348 Å². The SMILES string of the molecule is COc1ccc([Si]2(/C=C/c3ccc(Cl)cc3)O[SiH]3CO[Si]4(c5ccccc5)O[SiH](c5ccccc5)O[Si]5(c6ccccc6)O[Si](/C=C/c6ccc(Cl)cc6)(c6ccc(C)cc6)O[Si](c6ccccc6)(O4)O[Si@](c4ccccc4)(O3)O[Si](c3ccccc3)(O[Si](O[SiH3])(c3ccccc3)O2)O5)cc1. The van der Waals surface area contributed by atoms with Crippen LogP contribution in [0.1, 0.15) is 16.7 Å². The van der Waals surface area contributed by atoms with Gasteiger partial charge in [-0.2, -0.15) is 0 Å². The molecule has 4 heterocycles. The zero-order valence-electron chi connectivity index (χ0n) is 55.0. The van der Waals surface area contributed by atoms with Gasteiger partial charge < -0.3 is 62.7 Å². The molecule has 508 valence electrons. The average molecular weight is 1570 g/mol. The lowest BCUT2D eigenvalue weighted by atomic mass is 10.2. The van der Waals surface area contributed by atoms with Crippen molar-refractivity contribution in [1.82, 2.24) is 0 Å². The minimum Gasteiger partial charge on any atom is -0.497 e. The maximum atomic E-state index is 8.90. The number of methoxy groups -OCH3 is 1. The molecule has 15 rings (SSSR count). The summed E-state index contributed by atoms with van der Waals surface area (Å²) < 4.78 is 125. The first-order valence-corrected chi connectivity index (χ1v) is 51.8. The van der Waals surface area contributed by atoms with Crippen LogP contribution in [0, 0.1) is 6.92 Å². The molecule has 15 nitrogen and oxygen atoms in total. The molecular formula is C73H68Cl2O15Si11. The molecule has 4 fully saturated rings. The predicted molar refractivity (Wildman–Crippen MR) is 417 cm³/mol. The monoisotopic (exact) mass is 1560 g/mol. The summed E-state index contributed by atoms with van der Waals surface area (Å²) in [5.41, 5.74) is 6.57. The van der Waals surface area contributed by atoms with E-state index in [9.17, 15) is 0 Å². The fraction of sp³-hybridized carbons (Fsp3) is 0.0411. The summed E-state index contributed by atoms with van der Waals surface area (Å²) in [6.07, 6.45) is 3.69. The Balaban J connectivity index is 1.18. The highest BCUT2D eigenvalue weighted by molar-refractivity contribution is 7.10. The van der Waals surface area contributed by atoms with Crippen LogP contribution in [-0.2, 0) is 57.9 Å². The van der Waals surface area contributed by atoms with E-state index in [2.05, 4.69) is 0 Å². The lowest BCUT2D eigenvalue weighted by Crippen LogP contribution is -2.86. The van der Waals surface area contributed by atoms with Crippen molar-refractivity contribution in [3.63, 3.8) is 0 Å². The molecule has 0 radical (unpaired) electrons. The van der Waals surface area contributed by atoms with E-state index in [1.54, 1.807) is 7.11 Å². The van der Waals surface area contributed by atoms with Gasteiger partial charge >= 0.3 is 88.5 Å². The van der Waals surface area contributed by atoms with Gasteiger partial charge in [-0.15, -0.1) is 0 Å². The van der Waals surface area contributed by atoms with Gasteiger partial charge in [-0.25, -0.2) is 0 Å². The average Bonchev–Trinajstić information content (AvgIpc) is 1.59. The summed E-state index contributed by atoms with van der Waals surface area (Å²) in [4.78, 5) is 0. The molecule has 11 aromatic rings. The molecule has 0 spiro atoms. The molecule has 0 N–H and O–H groups in total. The highest BCUT2D eigenvalue weighted by Gasteiger charge is 2.76.